The van der Waals surface area contributed by atoms with E-state index in [9.17, 15) is 0 Å². The quantitative estimate of drug-likeness (QED) is 0.604. The van der Waals surface area contributed by atoms with Gasteiger partial charge in [0.1, 0.15) is 23.2 Å². The molecule has 2 heterocycles. The van der Waals surface area contributed by atoms with Crippen molar-refractivity contribution in [2.24, 2.45) is 0 Å². The van der Waals surface area contributed by atoms with Gasteiger partial charge in [0.25, 0.3) is 0 Å². The van der Waals surface area contributed by atoms with Gasteiger partial charge in [0, 0.05) is 19.2 Å². The number of methoxy groups -OCH3 is 1. The van der Waals surface area contributed by atoms with Crippen molar-refractivity contribution in [2.45, 2.75) is 19.9 Å². The second-order valence-corrected chi connectivity index (χ2v) is 6.76. The summed E-state index contributed by atoms with van der Waals surface area (Å²) in [6, 6.07) is 15.9. The molecule has 0 saturated carbocycles. The van der Waals surface area contributed by atoms with Gasteiger partial charge in [-0.15, -0.1) is 0 Å². The number of fused-ring (bicyclic) bond motifs is 1. The first-order valence-electron chi connectivity index (χ1n) is 9.54. The molecule has 0 unspecified atom stereocenters. The third-order valence-corrected chi connectivity index (χ3v) is 4.60. The second kappa shape index (κ2) is 8.68. The average Bonchev–Trinajstić information content (AvgIpc) is 3.20. The van der Waals surface area contributed by atoms with E-state index in [0.29, 0.717) is 12.4 Å². The van der Waals surface area contributed by atoms with Gasteiger partial charge in [0.2, 0.25) is 6.79 Å². The van der Waals surface area contributed by atoms with E-state index < -0.39 is 0 Å². The molecule has 0 saturated heterocycles. The summed E-state index contributed by atoms with van der Waals surface area (Å²) in [5.74, 6) is 4.73. The number of aryl methyl sites for hydroxylation is 1. The van der Waals surface area contributed by atoms with E-state index in [1.807, 2.05) is 49.4 Å². The molecule has 0 aliphatic carbocycles. The summed E-state index contributed by atoms with van der Waals surface area (Å²) in [5, 5.41) is 6.73. The molecule has 1 aliphatic heterocycles. The summed E-state index contributed by atoms with van der Waals surface area (Å²) in [4.78, 5) is 8.95. The zero-order valence-corrected chi connectivity index (χ0v) is 16.6. The Morgan fingerprint density at radius 2 is 1.76 bits per heavy atom. The van der Waals surface area contributed by atoms with Crippen LogP contribution in [0.2, 0.25) is 0 Å². The largest absolute Gasteiger partial charge is 0.497 e. The molecule has 0 amide bonds. The number of rotatable bonds is 8. The molecule has 150 valence electrons. The average molecular weight is 392 g/mol. The first-order chi connectivity index (χ1) is 14.2. The lowest BCUT2D eigenvalue weighted by molar-refractivity contribution is 0.174. The van der Waals surface area contributed by atoms with Crippen LogP contribution in [0.4, 0.5) is 11.6 Å². The number of anilines is 2. The Morgan fingerprint density at radius 1 is 0.931 bits per heavy atom. The lowest BCUT2D eigenvalue weighted by Gasteiger charge is -2.11. The van der Waals surface area contributed by atoms with Crippen LogP contribution in [0.15, 0.2) is 48.5 Å². The standard InChI is InChI=1S/C22H24N4O3/c1-15-25-21(23-9-8-16-4-3-5-18(10-16)27-2)12-22(26-15)24-13-17-6-7-19-20(11-17)29-14-28-19/h3-7,10-12H,8-9,13-14H2,1-2H3,(H2,23,24,25,26). The van der Waals surface area contributed by atoms with E-state index in [1.54, 1.807) is 7.11 Å². The van der Waals surface area contributed by atoms with E-state index in [-0.39, 0.29) is 6.79 Å². The maximum absolute atomic E-state index is 5.43. The second-order valence-electron chi connectivity index (χ2n) is 6.76. The molecule has 0 spiro atoms. The smallest absolute Gasteiger partial charge is 0.231 e. The molecule has 0 atom stereocenters. The fourth-order valence-electron chi connectivity index (χ4n) is 3.16. The number of benzene rings is 2. The summed E-state index contributed by atoms with van der Waals surface area (Å²) in [5.41, 5.74) is 2.31. The van der Waals surface area contributed by atoms with Gasteiger partial charge in [-0.3, -0.25) is 0 Å². The highest BCUT2D eigenvalue weighted by Crippen LogP contribution is 2.32. The molecule has 0 bridgehead atoms. The van der Waals surface area contributed by atoms with Crippen molar-refractivity contribution in [3.8, 4) is 17.2 Å². The molecule has 4 rings (SSSR count). The van der Waals surface area contributed by atoms with Crippen molar-refractivity contribution in [3.05, 3.63) is 65.5 Å². The van der Waals surface area contributed by atoms with Crippen LogP contribution >= 0.6 is 0 Å². The van der Waals surface area contributed by atoms with Gasteiger partial charge in [0.15, 0.2) is 11.5 Å². The van der Waals surface area contributed by atoms with Gasteiger partial charge >= 0.3 is 0 Å². The topological polar surface area (TPSA) is 77.5 Å². The molecule has 1 aromatic heterocycles. The lowest BCUT2D eigenvalue weighted by Crippen LogP contribution is -2.09. The van der Waals surface area contributed by atoms with Gasteiger partial charge in [0.05, 0.1) is 7.11 Å². The first-order valence-corrected chi connectivity index (χ1v) is 9.54. The zero-order valence-electron chi connectivity index (χ0n) is 16.6. The minimum absolute atomic E-state index is 0.280. The Morgan fingerprint density at radius 3 is 2.62 bits per heavy atom. The predicted octanol–water partition coefficient (Wildman–Crippen LogP) is 3.79. The summed E-state index contributed by atoms with van der Waals surface area (Å²) >= 11 is 0. The predicted molar refractivity (Wildman–Crippen MR) is 112 cm³/mol. The van der Waals surface area contributed by atoms with Crippen LogP contribution in [0.25, 0.3) is 0 Å². The summed E-state index contributed by atoms with van der Waals surface area (Å²) in [6.45, 7) is 3.57. The molecule has 7 nitrogen and oxygen atoms in total. The molecular weight excluding hydrogens is 368 g/mol. The first kappa shape index (κ1) is 18.9. The van der Waals surface area contributed by atoms with Crippen LogP contribution in [0.3, 0.4) is 0 Å². The van der Waals surface area contributed by atoms with Crippen LogP contribution in [0.1, 0.15) is 17.0 Å². The van der Waals surface area contributed by atoms with Gasteiger partial charge in [-0.25, -0.2) is 9.97 Å². The van der Waals surface area contributed by atoms with Crippen LogP contribution < -0.4 is 24.8 Å². The Hall–Kier alpha value is -3.48. The van der Waals surface area contributed by atoms with E-state index in [1.165, 1.54) is 5.56 Å². The van der Waals surface area contributed by atoms with Gasteiger partial charge in [-0.05, 0) is 48.7 Å². The van der Waals surface area contributed by atoms with Crippen LogP contribution in [-0.2, 0) is 13.0 Å². The molecule has 29 heavy (non-hydrogen) atoms. The molecule has 3 aromatic rings. The molecular formula is C22H24N4O3. The Kier molecular flexibility index (Phi) is 5.65. The third kappa shape index (κ3) is 4.87. The van der Waals surface area contributed by atoms with Gasteiger partial charge < -0.3 is 24.8 Å². The van der Waals surface area contributed by atoms with Crippen molar-refractivity contribution < 1.29 is 14.2 Å². The summed E-state index contributed by atoms with van der Waals surface area (Å²) in [7, 11) is 1.68. The molecule has 2 aromatic carbocycles. The molecule has 7 heteroatoms. The normalized spacial score (nSPS) is 11.9. The molecule has 0 fully saturated rings. The molecule has 0 radical (unpaired) electrons. The number of nitrogens with zero attached hydrogens (tertiary/aromatic N) is 2. The van der Waals surface area contributed by atoms with Crippen LogP contribution in [0.5, 0.6) is 17.2 Å². The monoisotopic (exact) mass is 392 g/mol. The van der Waals surface area contributed by atoms with Crippen LogP contribution in [0, 0.1) is 6.92 Å². The third-order valence-electron chi connectivity index (χ3n) is 4.60. The number of hydrogen-bond donors (Lipinski definition) is 2. The number of ether oxygens (including phenoxy) is 3. The molecule has 2 N–H and O–H groups in total. The lowest BCUT2D eigenvalue weighted by atomic mass is 10.1. The highest BCUT2D eigenvalue weighted by molar-refractivity contribution is 5.49. The fourth-order valence-corrected chi connectivity index (χ4v) is 3.16. The van der Waals surface area contributed by atoms with Gasteiger partial charge in [-0.1, -0.05) is 18.2 Å². The summed E-state index contributed by atoms with van der Waals surface area (Å²) < 4.78 is 16.1. The zero-order chi connectivity index (χ0) is 20.1. The van der Waals surface area contributed by atoms with E-state index >= 15 is 0 Å². The van der Waals surface area contributed by atoms with Crippen LogP contribution in [-0.4, -0.2) is 30.4 Å². The van der Waals surface area contributed by atoms with E-state index in [2.05, 4.69) is 26.7 Å². The van der Waals surface area contributed by atoms with Crippen molar-refractivity contribution in [1.82, 2.24) is 9.97 Å². The van der Waals surface area contributed by atoms with Crippen molar-refractivity contribution >= 4 is 11.6 Å². The minimum Gasteiger partial charge on any atom is -0.497 e. The van der Waals surface area contributed by atoms with Crippen molar-refractivity contribution in [3.63, 3.8) is 0 Å². The fraction of sp³-hybridized carbons (Fsp3) is 0.273. The maximum atomic E-state index is 5.43. The highest BCUT2D eigenvalue weighted by atomic mass is 16.7. The van der Waals surface area contributed by atoms with Crippen molar-refractivity contribution in [1.29, 1.82) is 0 Å². The Labute approximate surface area is 170 Å². The Balaban J connectivity index is 1.34. The maximum Gasteiger partial charge on any atom is 0.231 e. The SMILES string of the molecule is COc1cccc(CCNc2cc(NCc3ccc4c(c3)OCO4)nc(C)n2)c1. The number of nitrogens with one attached hydrogen (secondary N) is 2. The van der Waals surface area contributed by atoms with Gasteiger partial charge in [-0.2, -0.15) is 0 Å². The number of aromatic nitrogens is 2. The van der Waals surface area contributed by atoms with Crippen molar-refractivity contribution in [2.75, 3.05) is 31.1 Å². The highest BCUT2D eigenvalue weighted by Gasteiger charge is 2.13. The number of hydrogen-bond acceptors (Lipinski definition) is 7. The molecule has 1 aliphatic rings. The summed E-state index contributed by atoms with van der Waals surface area (Å²) in [6.07, 6.45) is 0.875. The minimum atomic E-state index is 0.280. The van der Waals surface area contributed by atoms with E-state index in [0.717, 1.165) is 47.4 Å². The van der Waals surface area contributed by atoms with E-state index in [4.69, 9.17) is 14.2 Å². The Bertz CT molecular complexity index is 994.